The third kappa shape index (κ3) is 3.66. The van der Waals surface area contributed by atoms with E-state index in [1.165, 1.54) is 22.0 Å². The highest BCUT2D eigenvalue weighted by Gasteiger charge is 2.51. The van der Waals surface area contributed by atoms with Gasteiger partial charge in [0.25, 0.3) is 0 Å². The molecule has 0 atom stereocenters. The average molecular weight is 632 g/mol. The van der Waals surface area contributed by atoms with Crippen LogP contribution in [0.1, 0.15) is 38.8 Å². The number of ether oxygens (including phenoxy) is 1. The topological polar surface area (TPSA) is 29.5 Å². The van der Waals surface area contributed by atoms with E-state index in [0.717, 1.165) is 60.7 Å². The summed E-state index contributed by atoms with van der Waals surface area (Å²) in [5.41, 5.74) is 12.2. The lowest BCUT2D eigenvalue weighted by Crippen LogP contribution is -2.60. The predicted octanol–water partition coefficient (Wildman–Crippen LogP) is 9.38. The second kappa shape index (κ2) is 9.73. The molecular weight excluding hydrogens is 597 g/mol. The Morgan fingerprint density at radius 1 is 0.592 bits per heavy atom. The minimum atomic E-state index is -0.365. The molecule has 49 heavy (non-hydrogen) atoms. The lowest BCUT2D eigenvalue weighted by atomic mass is 9.33. The molecule has 7 aromatic carbocycles. The average Bonchev–Trinajstić information content (AvgIpc) is 3.28. The molecule has 4 heteroatoms. The molecule has 0 saturated heterocycles. The smallest absolute Gasteiger partial charge is 0.409 e. The van der Waals surface area contributed by atoms with Gasteiger partial charge in [-0.15, -0.1) is 0 Å². The number of hydrogen-bond donors (Lipinski definition) is 0. The van der Waals surface area contributed by atoms with E-state index >= 15 is 0 Å². The molecule has 0 saturated carbocycles. The number of amides is 1. The molecule has 0 fully saturated rings. The van der Waals surface area contributed by atoms with Crippen LogP contribution in [0.5, 0.6) is 5.75 Å². The van der Waals surface area contributed by atoms with Crippen LogP contribution in [0.15, 0.2) is 133 Å². The Labute approximate surface area is 286 Å². The summed E-state index contributed by atoms with van der Waals surface area (Å²) in [6, 6.07) is 47.5. The van der Waals surface area contributed by atoms with Crippen LogP contribution in [0, 0.1) is 0 Å². The van der Waals surface area contributed by atoms with Gasteiger partial charge in [0.05, 0.1) is 11.4 Å². The van der Waals surface area contributed by atoms with Crippen LogP contribution < -0.4 is 26.0 Å². The molecule has 2 heterocycles. The number of fused-ring (bicyclic) bond motifs is 3. The van der Waals surface area contributed by atoms with Gasteiger partial charge in [0.2, 0.25) is 6.71 Å². The van der Waals surface area contributed by atoms with Crippen LogP contribution >= 0.6 is 0 Å². The van der Waals surface area contributed by atoms with Gasteiger partial charge in [-0.1, -0.05) is 148 Å². The molecule has 0 radical (unpaired) electrons. The van der Waals surface area contributed by atoms with E-state index in [2.05, 4.69) is 137 Å². The van der Waals surface area contributed by atoms with Crippen LogP contribution in [0.3, 0.4) is 0 Å². The van der Waals surface area contributed by atoms with E-state index in [0.29, 0.717) is 5.75 Å². The lowest BCUT2D eigenvalue weighted by molar-refractivity contribution is 0.210. The van der Waals surface area contributed by atoms with Crippen molar-refractivity contribution >= 4 is 62.1 Å². The molecular formula is C45H34BNO2. The van der Waals surface area contributed by atoms with E-state index in [9.17, 15) is 4.79 Å². The number of nitrogens with zero attached hydrogens (tertiary/aromatic N) is 1. The predicted molar refractivity (Wildman–Crippen MR) is 204 cm³/mol. The van der Waals surface area contributed by atoms with E-state index in [4.69, 9.17) is 4.74 Å². The zero-order valence-corrected chi connectivity index (χ0v) is 28.0. The largest absolute Gasteiger partial charge is 0.424 e. The Hall–Kier alpha value is -5.61. The first-order valence-corrected chi connectivity index (χ1v) is 17.2. The highest BCUT2D eigenvalue weighted by atomic mass is 16.6. The molecule has 234 valence electrons. The minimum absolute atomic E-state index is 0.0980. The molecule has 1 aliphatic carbocycles. The maximum absolute atomic E-state index is 14.7. The first-order valence-electron chi connectivity index (χ1n) is 17.2. The molecule has 7 aromatic rings. The van der Waals surface area contributed by atoms with Gasteiger partial charge in [-0.05, 0) is 84.1 Å². The maximum Gasteiger partial charge on any atom is 0.424 e. The van der Waals surface area contributed by atoms with Gasteiger partial charge in [0, 0.05) is 10.8 Å². The standard InChI is InChI=1S/C45H34BNO2/c1-44(2)34-22-14-21-32-39(34)35(45(44,3)4)26-36-41(32)47-42-38-30(23-29(25-37(38)49-43(47)48)27-15-8-5-9-16-27)24-33(28-17-10-6-11-18-28)40(42)46(36)31-19-12-7-13-20-31/h5-26H,1-4H3. The number of hydrogen-bond acceptors (Lipinski definition) is 2. The molecule has 1 amide bonds. The molecule has 0 bridgehead atoms. The summed E-state index contributed by atoms with van der Waals surface area (Å²) < 4.78 is 6.40. The summed E-state index contributed by atoms with van der Waals surface area (Å²) >= 11 is 0. The van der Waals surface area contributed by atoms with Crippen molar-refractivity contribution in [1.82, 2.24) is 0 Å². The van der Waals surface area contributed by atoms with Gasteiger partial charge < -0.3 is 4.74 Å². The highest BCUT2D eigenvalue weighted by Crippen LogP contribution is 2.57. The van der Waals surface area contributed by atoms with Gasteiger partial charge in [-0.3, -0.25) is 0 Å². The lowest BCUT2D eigenvalue weighted by Gasteiger charge is -2.41. The third-order valence-electron chi connectivity index (χ3n) is 12.0. The third-order valence-corrected chi connectivity index (χ3v) is 12.0. The number of rotatable bonds is 3. The Morgan fingerprint density at radius 3 is 1.96 bits per heavy atom. The molecule has 2 aliphatic heterocycles. The van der Waals surface area contributed by atoms with Crippen LogP contribution in [0.25, 0.3) is 43.8 Å². The molecule has 0 unspecified atom stereocenters. The zero-order chi connectivity index (χ0) is 33.2. The monoisotopic (exact) mass is 631 g/mol. The Balaban J connectivity index is 1.40. The SMILES string of the molecule is CC1(C)c2cccc3c4c(cc(c23)C1(C)C)B(c1ccccc1)c1c(-c2ccccc2)cc2cc(-c3ccccc3)cc3c2c1N4C(=O)O3. The van der Waals surface area contributed by atoms with Gasteiger partial charge in [0.1, 0.15) is 5.75 Å². The number of benzene rings is 7. The summed E-state index contributed by atoms with van der Waals surface area (Å²) in [6.07, 6.45) is -0.365. The van der Waals surface area contributed by atoms with E-state index < -0.39 is 0 Å². The number of carbonyl (C=O) groups excluding carboxylic acids is 1. The van der Waals surface area contributed by atoms with Crippen molar-refractivity contribution in [2.45, 2.75) is 38.5 Å². The van der Waals surface area contributed by atoms with Crippen LogP contribution in [0.2, 0.25) is 0 Å². The molecule has 3 aliphatic rings. The summed E-state index contributed by atoms with van der Waals surface area (Å²) in [4.78, 5) is 16.6. The van der Waals surface area contributed by atoms with Crippen molar-refractivity contribution in [3.05, 3.63) is 145 Å². The van der Waals surface area contributed by atoms with Crippen LogP contribution in [-0.4, -0.2) is 12.8 Å². The fourth-order valence-electron chi connectivity index (χ4n) is 8.99. The quantitative estimate of drug-likeness (QED) is 0.182. The fourth-order valence-corrected chi connectivity index (χ4v) is 8.99. The van der Waals surface area contributed by atoms with Crippen LogP contribution in [-0.2, 0) is 10.8 Å². The minimum Gasteiger partial charge on any atom is -0.409 e. The van der Waals surface area contributed by atoms with E-state index in [1.54, 1.807) is 0 Å². The zero-order valence-electron chi connectivity index (χ0n) is 28.0. The van der Waals surface area contributed by atoms with Gasteiger partial charge in [-0.25, -0.2) is 9.69 Å². The van der Waals surface area contributed by atoms with Crippen molar-refractivity contribution in [3.8, 4) is 28.0 Å². The van der Waals surface area contributed by atoms with E-state index in [1.807, 2.05) is 29.2 Å². The van der Waals surface area contributed by atoms with Gasteiger partial charge in [0.15, 0.2) is 0 Å². The number of anilines is 2. The highest BCUT2D eigenvalue weighted by molar-refractivity contribution is 6.99. The Kier molecular flexibility index (Phi) is 5.64. The first-order chi connectivity index (χ1) is 23.8. The second-order valence-corrected chi connectivity index (χ2v) is 14.9. The second-order valence-electron chi connectivity index (χ2n) is 14.9. The van der Waals surface area contributed by atoms with Crippen molar-refractivity contribution in [2.24, 2.45) is 0 Å². The Bertz CT molecular complexity index is 2540. The Morgan fingerprint density at radius 2 is 1.24 bits per heavy atom. The van der Waals surface area contributed by atoms with Crippen molar-refractivity contribution in [2.75, 3.05) is 4.90 Å². The summed E-state index contributed by atoms with van der Waals surface area (Å²) in [7, 11) is 0. The number of carbonyl (C=O) groups is 1. The molecule has 0 spiro atoms. The van der Waals surface area contributed by atoms with Gasteiger partial charge >= 0.3 is 6.09 Å². The van der Waals surface area contributed by atoms with E-state index in [-0.39, 0.29) is 23.6 Å². The summed E-state index contributed by atoms with van der Waals surface area (Å²) in [6.45, 7) is 9.35. The summed E-state index contributed by atoms with van der Waals surface area (Å²) in [5.74, 6) is 0.608. The van der Waals surface area contributed by atoms with Crippen molar-refractivity contribution < 1.29 is 9.53 Å². The maximum atomic E-state index is 14.7. The normalized spacial score (nSPS) is 16.2. The van der Waals surface area contributed by atoms with Crippen molar-refractivity contribution in [1.29, 1.82) is 0 Å². The molecule has 3 nitrogen and oxygen atoms in total. The first kappa shape index (κ1) is 28.4. The fraction of sp³-hybridized carbons (Fsp3) is 0.133. The van der Waals surface area contributed by atoms with Crippen molar-refractivity contribution in [3.63, 3.8) is 0 Å². The molecule has 0 aromatic heterocycles. The summed E-state index contributed by atoms with van der Waals surface area (Å²) in [5, 5.41) is 4.40. The molecule has 10 rings (SSSR count). The van der Waals surface area contributed by atoms with Gasteiger partial charge in [-0.2, -0.15) is 0 Å². The van der Waals surface area contributed by atoms with Crippen LogP contribution in [0.4, 0.5) is 16.2 Å². The molecule has 0 N–H and O–H groups in total.